The van der Waals surface area contributed by atoms with Gasteiger partial charge >= 0.3 is 0 Å². The lowest BCUT2D eigenvalue weighted by Gasteiger charge is -2.05. The fraction of sp³-hybridized carbons (Fsp3) is 0.111. The van der Waals surface area contributed by atoms with Gasteiger partial charge in [0.05, 0.1) is 17.6 Å². The molecule has 0 saturated heterocycles. The predicted molar refractivity (Wildman–Crippen MR) is 50.8 cm³/mol. The van der Waals surface area contributed by atoms with Crippen LogP contribution in [0.3, 0.4) is 0 Å². The standard InChI is InChI=1S/C9H9FN4/c1-14-8(5-12-13-14)6-3-2-4-7(10)9(6)11/h2-5H,11H2,1H3. The molecule has 0 aliphatic heterocycles. The van der Waals surface area contributed by atoms with E-state index in [9.17, 15) is 4.39 Å². The topological polar surface area (TPSA) is 56.7 Å². The maximum Gasteiger partial charge on any atom is 0.146 e. The van der Waals surface area contributed by atoms with Crippen LogP contribution in [-0.2, 0) is 7.05 Å². The highest BCUT2D eigenvalue weighted by atomic mass is 19.1. The largest absolute Gasteiger partial charge is 0.396 e. The Bertz CT molecular complexity index is 464. The summed E-state index contributed by atoms with van der Waals surface area (Å²) in [6.07, 6.45) is 1.55. The van der Waals surface area contributed by atoms with Gasteiger partial charge < -0.3 is 5.73 Å². The van der Waals surface area contributed by atoms with Crippen LogP contribution in [0.5, 0.6) is 0 Å². The number of nitrogens with zero attached hydrogens (tertiary/aromatic N) is 3. The SMILES string of the molecule is Cn1nncc1-c1cccc(F)c1N. The molecule has 4 nitrogen and oxygen atoms in total. The van der Waals surface area contributed by atoms with Crippen LogP contribution in [0.1, 0.15) is 0 Å². The summed E-state index contributed by atoms with van der Waals surface area (Å²) in [7, 11) is 1.73. The van der Waals surface area contributed by atoms with Crippen molar-refractivity contribution >= 4 is 5.69 Å². The Balaban J connectivity index is 2.63. The molecular weight excluding hydrogens is 183 g/mol. The molecule has 1 aromatic carbocycles. The van der Waals surface area contributed by atoms with Crippen molar-refractivity contribution in [3.8, 4) is 11.3 Å². The number of hydrogen-bond donors (Lipinski definition) is 1. The lowest BCUT2D eigenvalue weighted by atomic mass is 10.1. The smallest absolute Gasteiger partial charge is 0.146 e. The molecule has 0 aliphatic carbocycles. The van der Waals surface area contributed by atoms with Crippen molar-refractivity contribution < 1.29 is 4.39 Å². The Kier molecular flexibility index (Phi) is 1.92. The minimum Gasteiger partial charge on any atom is -0.396 e. The van der Waals surface area contributed by atoms with Gasteiger partial charge in [-0.2, -0.15) is 0 Å². The van der Waals surface area contributed by atoms with Crippen LogP contribution in [-0.4, -0.2) is 15.0 Å². The zero-order valence-electron chi connectivity index (χ0n) is 7.61. The average molecular weight is 192 g/mol. The molecule has 1 heterocycles. The average Bonchev–Trinajstić information content (AvgIpc) is 2.57. The number of hydrogen-bond acceptors (Lipinski definition) is 3. The summed E-state index contributed by atoms with van der Waals surface area (Å²) in [5.74, 6) is -0.427. The number of aromatic nitrogens is 3. The molecule has 0 unspecified atom stereocenters. The third-order valence-electron chi connectivity index (χ3n) is 2.04. The van der Waals surface area contributed by atoms with E-state index in [1.165, 1.54) is 6.07 Å². The van der Waals surface area contributed by atoms with E-state index in [0.29, 0.717) is 11.3 Å². The molecule has 72 valence electrons. The summed E-state index contributed by atoms with van der Waals surface area (Å²) >= 11 is 0. The maximum atomic E-state index is 13.1. The molecule has 0 aliphatic rings. The normalized spacial score (nSPS) is 10.4. The highest BCUT2D eigenvalue weighted by molar-refractivity contribution is 5.73. The number of para-hydroxylation sites is 1. The van der Waals surface area contributed by atoms with Gasteiger partial charge in [-0.1, -0.05) is 17.3 Å². The number of nitrogens with two attached hydrogens (primary N) is 1. The third kappa shape index (κ3) is 1.22. The van der Waals surface area contributed by atoms with Crippen LogP contribution in [0.2, 0.25) is 0 Å². The van der Waals surface area contributed by atoms with Crippen LogP contribution in [0.4, 0.5) is 10.1 Å². The first-order valence-corrected chi connectivity index (χ1v) is 4.09. The number of anilines is 1. The highest BCUT2D eigenvalue weighted by Crippen LogP contribution is 2.26. The molecule has 0 radical (unpaired) electrons. The fourth-order valence-corrected chi connectivity index (χ4v) is 1.29. The Morgan fingerprint density at radius 2 is 2.21 bits per heavy atom. The van der Waals surface area contributed by atoms with E-state index >= 15 is 0 Å². The lowest BCUT2D eigenvalue weighted by Crippen LogP contribution is -1.99. The first-order chi connectivity index (χ1) is 6.70. The summed E-state index contributed by atoms with van der Waals surface area (Å²) in [5, 5.41) is 7.46. The van der Waals surface area contributed by atoms with Crippen LogP contribution in [0.25, 0.3) is 11.3 Å². The molecular formula is C9H9FN4. The minimum atomic E-state index is -0.427. The first-order valence-electron chi connectivity index (χ1n) is 4.09. The number of aryl methyl sites for hydroxylation is 1. The predicted octanol–water partition coefficient (Wildman–Crippen LogP) is 1.20. The summed E-state index contributed by atoms with van der Waals surface area (Å²) in [5.41, 5.74) is 7.03. The van der Waals surface area contributed by atoms with Crippen molar-refractivity contribution in [3.05, 3.63) is 30.2 Å². The summed E-state index contributed by atoms with van der Waals surface area (Å²) in [6, 6.07) is 4.66. The molecule has 14 heavy (non-hydrogen) atoms. The van der Waals surface area contributed by atoms with Gasteiger partial charge in [-0.3, -0.25) is 0 Å². The van der Waals surface area contributed by atoms with E-state index in [-0.39, 0.29) is 5.69 Å². The molecule has 2 N–H and O–H groups in total. The van der Waals surface area contributed by atoms with E-state index in [1.54, 1.807) is 30.1 Å². The van der Waals surface area contributed by atoms with Crippen molar-refractivity contribution in [2.24, 2.45) is 7.05 Å². The summed E-state index contributed by atoms with van der Waals surface area (Å²) in [4.78, 5) is 0. The number of benzene rings is 1. The highest BCUT2D eigenvalue weighted by Gasteiger charge is 2.09. The Labute approximate surface area is 80.2 Å². The van der Waals surface area contributed by atoms with Gasteiger partial charge in [0, 0.05) is 12.6 Å². The molecule has 0 saturated carbocycles. The van der Waals surface area contributed by atoms with Crippen LogP contribution < -0.4 is 5.73 Å². The zero-order valence-corrected chi connectivity index (χ0v) is 7.61. The monoisotopic (exact) mass is 192 g/mol. The van der Waals surface area contributed by atoms with E-state index in [0.717, 1.165) is 0 Å². The van der Waals surface area contributed by atoms with Gasteiger partial charge in [0.25, 0.3) is 0 Å². The van der Waals surface area contributed by atoms with Crippen LogP contribution in [0.15, 0.2) is 24.4 Å². The van der Waals surface area contributed by atoms with Gasteiger partial charge in [-0.15, -0.1) is 5.10 Å². The summed E-state index contributed by atoms with van der Waals surface area (Å²) in [6.45, 7) is 0. The third-order valence-corrected chi connectivity index (χ3v) is 2.04. The number of nitrogen functional groups attached to an aromatic ring is 1. The van der Waals surface area contributed by atoms with E-state index in [1.807, 2.05) is 0 Å². The summed E-state index contributed by atoms with van der Waals surface area (Å²) < 4.78 is 14.7. The van der Waals surface area contributed by atoms with Gasteiger partial charge in [0.15, 0.2) is 0 Å². The Hall–Kier alpha value is -1.91. The zero-order chi connectivity index (χ0) is 10.1. The minimum absolute atomic E-state index is 0.123. The molecule has 0 bridgehead atoms. The molecule has 2 aromatic rings. The van der Waals surface area contributed by atoms with Crippen molar-refractivity contribution in [1.29, 1.82) is 0 Å². The fourth-order valence-electron chi connectivity index (χ4n) is 1.29. The molecule has 0 fully saturated rings. The Morgan fingerprint density at radius 3 is 2.86 bits per heavy atom. The number of rotatable bonds is 1. The molecule has 0 spiro atoms. The van der Waals surface area contributed by atoms with E-state index in [2.05, 4.69) is 10.3 Å². The van der Waals surface area contributed by atoms with Crippen LogP contribution in [0, 0.1) is 5.82 Å². The van der Waals surface area contributed by atoms with Crippen molar-refractivity contribution in [1.82, 2.24) is 15.0 Å². The van der Waals surface area contributed by atoms with Gasteiger partial charge in [-0.25, -0.2) is 9.07 Å². The quantitative estimate of drug-likeness (QED) is 0.691. The molecule has 1 aromatic heterocycles. The lowest BCUT2D eigenvalue weighted by molar-refractivity contribution is 0.632. The first kappa shape index (κ1) is 8.68. The Morgan fingerprint density at radius 1 is 1.43 bits per heavy atom. The molecule has 0 amide bonds. The maximum absolute atomic E-state index is 13.1. The van der Waals surface area contributed by atoms with Crippen molar-refractivity contribution in [3.63, 3.8) is 0 Å². The van der Waals surface area contributed by atoms with E-state index in [4.69, 9.17) is 5.73 Å². The van der Waals surface area contributed by atoms with Gasteiger partial charge in [0.1, 0.15) is 5.82 Å². The van der Waals surface area contributed by atoms with Crippen molar-refractivity contribution in [2.75, 3.05) is 5.73 Å². The molecule has 5 heteroatoms. The number of halogens is 1. The van der Waals surface area contributed by atoms with Gasteiger partial charge in [-0.05, 0) is 6.07 Å². The second-order valence-electron chi connectivity index (χ2n) is 2.94. The van der Waals surface area contributed by atoms with Crippen molar-refractivity contribution in [2.45, 2.75) is 0 Å². The van der Waals surface area contributed by atoms with Crippen LogP contribution >= 0.6 is 0 Å². The molecule has 2 rings (SSSR count). The van der Waals surface area contributed by atoms with Gasteiger partial charge in [0.2, 0.25) is 0 Å². The molecule has 0 atom stereocenters. The second-order valence-corrected chi connectivity index (χ2v) is 2.94. The second kappa shape index (κ2) is 3.10. The van der Waals surface area contributed by atoms with E-state index < -0.39 is 5.82 Å².